The summed E-state index contributed by atoms with van der Waals surface area (Å²) in [6.07, 6.45) is 0.815. The number of benzene rings is 1. The van der Waals surface area contributed by atoms with Crippen molar-refractivity contribution in [3.05, 3.63) is 46.7 Å². The minimum Gasteiger partial charge on any atom is -0.493 e. The Morgan fingerprint density at radius 2 is 2.12 bits per heavy atom. The third-order valence-electron chi connectivity index (χ3n) is 3.79. The average Bonchev–Trinajstić information content (AvgIpc) is 3.18. The van der Waals surface area contributed by atoms with Crippen molar-refractivity contribution in [1.82, 2.24) is 4.72 Å². The first-order chi connectivity index (χ1) is 11.4. The van der Waals surface area contributed by atoms with Crippen molar-refractivity contribution < 1.29 is 27.1 Å². The summed E-state index contributed by atoms with van der Waals surface area (Å²) in [6.45, 7) is 2.27. The number of rotatable bonds is 5. The zero-order valence-corrected chi connectivity index (χ0v) is 14.1. The van der Waals surface area contributed by atoms with E-state index in [1.54, 1.807) is 6.07 Å². The van der Waals surface area contributed by atoms with Gasteiger partial charge in [-0.15, -0.1) is 0 Å². The number of carbonyl (C=O) groups is 1. The van der Waals surface area contributed by atoms with E-state index in [-0.39, 0.29) is 23.0 Å². The van der Waals surface area contributed by atoms with Gasteiger partial charge >= 0.3 is 5.97 Å². The van der Waals surface area contributed by atoms with Crippen LogP contribution in [0.3, 0.4) is 0 Å². The Morgan fingerprint density at radius 3 is 2.88 bits per heavy atom. The molecular weight excluding hydrogens is 334 g/mol. The van der Waals surface area contributed by atoms with Gasteiger partial charge in [0.1, 0.15) is 17.1 Å². The van der Waals surface area contributed by atoms with E-state index in [1.165, 1.54) is 20.1 Å². The molecule has 0 bridgehead atoms. The molecule has 7 nitrogen and oxygen atoms in total. The molecule has 1 aliphatic heterocycles. The van der Waals surface area contributed by atoms with Crippen molar-refractivity contribution >= 4 is 16.0 Å². The number of carbonyl (C=O) groups excluding carboxylic acids is 1. The van der Waals surface area contributed by atoms with E-state index >= 15 is 0 Å². The summed E-state index contributed by atoms with van der Waals surface area (Å²) in [4.78, 5) is 11.6. The molecule has 2 heterocycles. The first kappa shape index (κ1) is 16.5. The number of hydrogen-bond donors (Lipinski definition) is 1. The van der Waals surface area contributed by atoms with Gasteiger partial charge < -0.3 is 13.9 Å². The van der Waals surface area contributed by atoms with Gasteiger partial charge in [0.05, 0.1) is 13.7 Å². The molecule has 24 heavy (non-hydrogen) atoms. The van der Waals surface area contributed by atoms with Crippen LogP contribution in [0.15, 0.2) is 33.8 Å². The summed E-state index contributed by atoms with van der Waals surface area (Å²) in [7, 11) is -2.65. The predicted octanol–water partition coefficient (Wildman–Crippen LogP) is 1.79. The molecule has 1 aliphatic rings. The molecule has 0 unspecified atom stereocenters. The van der Waals surface area contributed by atoms with Gasteiger partial charge in [0.15, 0.2) is 0 Å². The summed E-state index contributed by atoms with van der Waals surface area (Å²) >= 11 is 0. The molecule has 3 rings (SSSR count). The average molecular weight is 351 g/mol. The number of furan rings is 1. The Hall–Kier alpha value is -2.32. The fourth-order valence-electron chi connectivity index (χ4n) is 2.50. The quantitative estimate of drug-likeness (QED) is 0.825. The molecule has 0 saturated heterocycles. The molecule has 0 fully saturated rings. The van der Waals surface area contributed by atoms with Crippen LogP contribution in [0.2, 0.25) is 0 Å². The lowest BCUT2D eigenvalue weighted by Gasteiger charge is -2.06. The SMILES string of the molecule is COC(=O)c1cc(S(=O)(=O)NCc2ccc3c(c2)CCO3)oc1C. The van der Waals surface area contributed by atoms with Gasteiger partial charge in [0.25, 0.3) is 10.0 Å². The lowest BCUT2D eigenvalue weighted by Crippen LogP contribution is -2.22. The van der Waals surface area contributed by atoms with Crippen LogP contribution in [-0.2, 0) is 27.7 Å². The van der Waals surface area contributed by atoms with Crippen LogP contribution >= 0.6 is 0 Å². The Morgan fingerprint density at radius 1 is 1.33 bits per heavy atom. The minimum absolute atomic E-state index is 0.0903. The number of methoxy groups -OCH3 is 1. The summed E-state index contributed by atoms with van der Waals surface area (Å²) in [6, 6.07) is 6.72. The van der Waals surface area contributed by atoms with Gasteiger partial charge in [-0.05, 0) is 24.1 Å². The van der Waals surface area contributed by atoms with Crippen LogP contribution in [0.4, 0.5) is 0 Å². The van der Waals surface area contributed by atoms with Crippen molar-refractivity contribution in [3.63, 3.8) is 0 Å². The maximum Gasteiger partial charge on any atom is 0.341 e. The van der Waals surface area contributed by atoms with E-state index in [9.17, 15) is 13.2 Å². The van der Waals surface area contributed by atoms with Gasteiger partial charge in [-0.2, -0.15) is 0 Å². The molecule has 0 radical (unpaired) electrons. The largest absolute Gasteiger partial charge is 0.493 e. The first-order valence-corrected chi connectivity index (χ1v) is 8.82. The van der Waals surface area contributed by atoms with Gasteiger partial charge in [-0.3, -0.25) is 0 Å². The molecule has 1 aromatic carbocycles. The highest BCUT2D eigenvalue weighted by molar-refractivity contribution is 7.89. The maximum atomic E-state index is 12.3. The summed E-state index contributed by atoms with van der Waals surface area (Å²) in [5.41, 5.74) is 1.97. The summed E-state index contributed by atoms with van der Waals surface area (Å²) in [5.74, 6) is 0.388. The normalized spacial score (nSPS) is 13.4. The maximum absolute atomic E-state index is 12.3. The monoisotopic (exact) mass is 351 g/mol. The van der Waals surface area contributed by atoms with Crippen LogP contribution in [0.5, 0.6) is 5.75 Å². The van der Waals surface area contributed by atoms with E-state index in [2.05, 4.69) is 9.46 Å². The van der Waals surface area contributed by atoms with Gasteiger partial charge in [0, 0.05) is 19.0 Å². The van der Waals surface area contributed by atoms with Crippen LogP contribution in [0.25, 0.3) is 0 Å². The molecule has 1 N–H and O–H groups in total. The van der Waals surface area contributed by atoms with E-state index in [1.807, 2.05) is 12.1 Å². The molecule has 128 valence electrons. The highest BCUT2D eigenvalue weighted by atomic mass is 32.2. The molecule has 0 amide bonds. The fourth-order valence-corrected chi connectivity index (χ4v) is 3.51. The van der Waals surface area contributed by atoms with Crippen molar-refractivity contribution in [2.75, 3.05) is 13.7 Å². The number of sulfonamides is 1. The smallest absolute Gasteiger partial charge is 0.341 e. The van der Waals surface area contributed by atoms with E-state index in [4.69, 9.17) is 9.15 Å². The summed E-state index contributed by atoms with van der Waals surface area (Å²) in [5, 5.41) is -0.315. The topological polar surface area (TPSA) is 94.8 Å². The number of ether oxygens (including phenoxy) is 2. The van der Waals surface area contributed by atoms with Gasteiger partial charge in [-0.1, -0.05) is 12.1 Å². The Balaban J connectivity index is 1.76. The number of nitrogens with one attached hydrogen (secondary N) is 1. The van der Waals surface area contributed by atoms with E-state index < -0.39 is 16.0 Å². The number of hydrogen-bond acceptors (Lipinski definition) is 6. The van der Waals surface area contributed by atoms with Crippen molar-refractivity contribution in [2.45, 2.75) is 25.0 Å². The second-order valence-electron chi connectivity index (χ2n) is 5.39. The fraction of sp³-hybridized carbons (Fsp3) is 0.312. The van der Waals surface area contributed by atoms with Gasteiger partial charge in [-0.25, -0.2) is 17.9 Å². The van der Waals surface area contributed by atoms with Crippen LogP contribution in [0.1, 0.15) is 27.2 Å². The van der Waals surface area contributed by atoms with E-state index in [0.29, 0.717) is 6.61 Å². The molecule has 0 aliphatic carbocycles. The molecule has 8 heteroatoms. The summed E-state index contributed by atoms with van der Waals surface area (Å²) < 4.78 is 42.3. The molecule has 0 spiro atoms. The number of fused-ring (bicyclic) bond motifs is 1. The third kappa shape index (κ3) is 3.15. The molecule has 0 saturated carbocycles. The Bertz CT molecular complexity index is 884. The van der Waals surface area contributed by atoms with Gasteiger partial charge in [0.2, 0.25) is 5.09 Å². The Kier molecular flexibility index (Phi) is 4.33. The third-order valence-corrected chi connectivity index (χ3v) is 5.04. The zero-order valence-electron chi connectivity index (χ0n) is 13.3. The van der Waals surface area contributed by atoms with Crippen LogP contribution in [-0.4, -0.2) is 28.1 Å². The van der Waals surface area contributed by atoms with Crippen LogP contribution < -0.4 is 9.46 Å². The Labute approximate surface area is 139 Å². The minimum atomic E-state index is -3.87. The molecule has 1 aromatic heterocycles. The highest BCUT2D eigenvalue weighted by Crippen LogP contribution is 2.26. The zero-order chi connectivity index (χ0) is 17.3. The highest BCUT2D eigenvalue weighted by Gasteiger charge is 2.24. The molecule has 0 atom stereocenters. The molecular formula is C16H17NO6S. The lowest BCUT2D eigenvalue weighted by atomic mass is 10.1. The number of aryl methyl sites for hydroxylation is 1. The first-order valence-electron chi connectivity index (χ1n) is 7.34. The molecule has 2 aromatic rings. The second-order valence-corrected chi connectivity index (χ2v) is 7.09. The van der Waals surface area contributed by atoms with E-state index in [0.717, 1.165) is 23.3 Å². The standard InChI is InChI=1S/C16H17NO6S/c1-10-13(16(18)21-2)8-15(23-10)24(19,20)17-9-11-3-4-14-12(7-11)5-6-22-14/h3-4,7-8,17H,5-6,9H2,1-2H3. The van der Waals surface area contributed by atoms with Crippen LogP contribution in [0, 0.1) is 6.92 Å². The van der Waals surface area contributed by atoms with Crippen molar-refractivity contribution in [2.24, 2.45) is 0 Å². The lowest BCUT2D eigenvalue weighted by molar-refractivity contribution is 0.0598. The predicted molar refractivity (Wildman–Crippen MR) is 84.5 cm³/mol. The second kappa shape index (κ2) is 6.29. The van der Waals surface area contributed by atoms with Crippen molar-refractivity contribution in [1.29, 1.82) is 0 Å². The van der Waals surface area contributed by atoms with Crippen molar-refractivity contribution in [3.8, 4) is 5.75 Å². The number of esters is 1.